The first kappa shape index (κ1) is 37.2. The van der Waals surface area contributed by atoms with Crippen molar-refractivity contribution >= 4 is 16.9 Å². The summed E-state index contributed by atoms with van der Waals surface area (Å²) in [5.74, 6) is 2.20. The molecule has 9 aliphatic rings. The topological polar surface area (TPSA) is 6.48 Å². The zero-order valence-electron chi connectivity index (χ0n) is 35.5. The van der Waals surface area contributed by atoms with Crippen molar-refractivity contribution in [1.29, 1.82) is 0 Å². The third-order valence-corrected chi connectivity index (χ3v) is 15.6. The maximum Gasteiger partial charge on any atom is 0.0626 e. The first-order valence-electron chi connectivity index (χ1n) is 23.5. The van der Waals surface area contributed by atoms with Crippen LogP contribution in [0.25, 0.3) is 5.57 Å². The third-order valence-electron chi connectivity index (χ3n) is 15.6. The number of hydrogen-bond acceptors (Lipinski definition) is 2. The Bertz CT molecular complexity index is 2350. The van der Waals surface area contributed by atoms with Gasteiger partial charge in [-0.1, -0.05) is 129 Å². The van der Waals surface area contributed by atoms with Crippen molar-refractivity contribution in [2.45, 2.75) is 116 Å². The molecule has 0 spiro atoms. The van der Waals surface area contributed by atoms with Gasteiger partial charge < -0.3 is 9.80 Å². The zero-order valence-corrected chi connectivity index (χ0v) is 35.5. The zero-order chi connectivity index (χ0) is 39.5. The number of fused-ring (bicyclic) bond motifs is 4. The average molecular weight is 775 g/mol. The Morgan fingerprint density at radius 3 is 2.39 bits per heavy atom. The molecule has 1 heterocycles. The molecular formula is C57H62N2. The van der Waals surface area contributed by atoms with Crippen molar-refractivity contribution < 1.29 is 0 Å². The maximum atomic E-state index is 2.83. The van der Waals surface area contributed by atoms with E-state index in [-0.39, 0.29) is 5.41 Å². The Morgan fingerprint density at radius 2 is 1.59 bits per heavy atom. The summed E-state index contributed by atoms with van der Waals surface area (Å²) in [7, 11) is 0. The van der Waals surface area contributed by atoms with Crippen LogP contribution in [0, 0.1) is 29.1 Å². The van der Waals surface area contributed by atoms with E-state index < -0.39 is 0 Å². The number of allylic oxidation sites excluding steroid dienone is 18. The normalized spacial score (nSPS) is 32.1. The highest BCUT2D eigenvalue weighted by Crippen LogP contribution is 2.65. The number of nitrogens with zero attached hydrogens (tertiary/aromatic N) is 2. The molecule has 8 aliphatic carbocycles. The van der Waals surface area contributed by atoms with Gasteiger partial charge in [0.15, 0.2) is 0 Å². The third kappa shape index (κ3) is 6.26. The molecule has 2 aromatic carbocycles. The smallest absolute Gasteiger partial charge is 0.0626 e. The van der Waals surface area contributed by atoms with Crippen LogP contribution in [0.1, 0.15) is 109 Å². The summed E-state index contributed by atoms with van der Waals surface area (Å²) < 4.78 is 0. The van der Waals surface area contributed by atoms with Gasteiger partial charge in [0.05, 0.1) is 17.5 Å². The predicted molar refractivity (Wildman–Crippen MR) is 249 cm³/mol. The van der Waals surface area contributed by atoms with Gasteiger partial charge in [-0.2, -0.15) is 0 Å². The van der Waals surface area contributed by atoms with Gasteiger partial charge in [0.1, 0.15) is 0 Å². The van der Waals surface area contributed by atoms with Crippen LogP contribution in [-0.2, 0) is 0 Å². The summed E-state index contributed by atoms with van der Waals surface area (Å²) in [6, 6.07) is 21.5. The van der Waals surface area contributed by atoms with Gasteiger partial charge in [0.25, 0.3) is 0 Å². The molecule has 7 atom stereocenters. The standard InChI is InChI=1S/C57H62N2/c1-39-22-28-46(29-23-39)58(48-32-34-50-49-20-12-13-21-53(49)57(54(50)38-48,43-14-6-3-7-15-43)44-16-8-4-9-17-44)47-30-25-41(26-31-47)42-27-35-55-52(37-42)51-33-24-40(2)36-56(51)59(55)45-18-10-5-11-19-45/h5-6,10-12,14-16,18-20,24-28,30-31,33,35,37-40,48,50,52,55H,3-4,7-9,13,17,21-23,29,32,34,36H2,1-2H3/t39?,40-,48?,50?,52?,55?,57?/m1/s1. The first-order valence-corrected chi connectivity index (χ1v) is 23.5. The lowest BCUT2D eigenvalue weighted by molar-refractivity contribution is 0.457. The van der Waals surface area contributed by atoms with Crippen LogP contribution in [0.4, 0.5) is 11.4 Å². The molecule has 59 heavy (non-hydrogen) atoms. The predicted octanol–water partition coefficient (Wildman–Crippen LogP) is 14.6. The number of rotatable bonds is 7. The van der Waals surface area contributed by atoms with E-state index in [2.05, 4.69) is 157 Å². The van der Waals surface area contributed by atoms with Crippen LogP contribution in [0.2, 0.25) is 0 Å². The maximum absolute atomic E-state index is 2.83. The Balaban J connectivity index is 0.967. The second-order valence-electron chi connectivity index (χ2n) is 19.2. The fraction of sp³-hybridized carbons (Fsp3) is 0.404. The number of hydrogen-bond donors (Lipinski definition) is 0. The SMILES string of the molecule is CC1CC=C(N(c2ccc(C3=CC4C5=C(C[C@H](C)C=C5)N(c5ccccc5)C4C=C3)cc2)C2C=C3C(CC2)C2=C(CCC=C2)C3(C2=CCCC=C2)C2=CCCCC2)CC1. The molecule has 2 aromatic rings. The highest BCUT2D eigenvalue weighted by Gasteiger charge is 2.54. The molecule has 0 N–H and O–H groups in total. The number of benzene rings is 2. The van der Waals surface area contributed by atoms with Gasteiger partial charge >= 0.3 is 0 Å². The lowest BCUT2D eigenvalue weighted by atomic mass is 9.60. The van der Waals surface area contributed by atoms with Gasteiger partial charge in [0.2, 0.25) is 0 Å². The minimum Gasteiger partial charge on any atom is -0.339 e. The van der Waals surface area contributed by atoms with E-state index in [0.29, 0.717) is 29.8 Å². The van der Waals surface area contributed by atoms with Crippen LogP contribution < -0.4 is 9.80 Å². The lowest BCUT2D eigenvalue weighted by Gasteiger charge is -2.45. The molecule has 0 bridgehead atoms. The van der Waals surface area contributed by atoms with Gasteiger partial charge in [-0.25, -0.2) is 0 Å². The fourth-order valence-corrected chi connectivity index (χ4v) is 12.8. The van der Waals surface area contributed by atoms with Gasteiger partial charge in [-0.15, -0.1) is 0 Å². The van der Waals surface area contributed by atoms with E-state index in [4.69, 9.17) is 0 Å². The Labute approximate surface area is 354 Å². The molecular weight excluding hydrogens is 713 g/mol. The van der Waals surface area contributed by atoms with Gasteiger partial charge in [0, 0.05) is 34.6 Å². The van der Waals surface area contributed by atoms with Crippen LogP contribution >= 0.6 is 0 Å². The van der Waals surface area contributed by atoms with E-state index in [1.54, 1.807) is 27.9 Å². The van der Waals surface area contributed by atoms with E-state index in [1.165, 1.54) is 110 Å². The number of anilines is 2. The second kappa shape index (κ2) is 15.3. The van der Waals surface area contributed by atoms with E-state index in [9.17, 15) is 0 Å². The molecule has 0 saturated carbocycles. The summed E-state index contributed by atoms with van der Waals surface area (Å²) >= 11 is 0. The molecule has 0 radical (unpaired) electrons. The van der Waals surface area contributed by atoms with Gasteiger partial charge in [-0.3, -0.25) is 0 Å². The van der Waals surface area contributed by atoms with Crippen molar-refractivity contribution in [1.82, 2.24) is 0 Å². The summed E-state index contributed by atoms with van der Waals surface area (Å²) in [5, 5.41) is 0. The Morgan fingerprint density at radius 1 is 0.712 bits per heavy atom. The number of para-hydroxylation sites is 1. The van der Waals surface area contributed by atoms with Crippen molar-refractivity contribution in [2.24, 2.45) is 29.1 Å². The lowest BCUT2D eigenvalue weighted by Crippen LogP contribution is -2.39. The van der Waals surface area contributed by atoms with Crippen molar-refractivity contribution in [3.8, 4) is 0 Å². The van der Waals surface area contributed by atoms with Crippen molar-refractivity contribution in [3.05, 3.63) is 184 Å². The molecule has 2 heteroatoms. The minimum absolute atomic E-state index is 0.0550. The Kier molecular flexibility index (Phi) is 9.67. The summed E-state index contributed by atoms with van der Waals surface area (Å²) in [4.78, 5) is 5.43. The first-order chi connectivity index (χ1) is 29.1. The van der Waals surface area contributed by atoms with Gasteiger partial charge in [-0.05, 0) is 165 Å². The summed E-state index contributed by atoms with van der Waals surface area (Å²) in [5.41, 5.74) is 18.3. The van der Waals surface area contributed by atoms with Crippen molar-refractivity contribution in [2.75, 3.05) is 9.80 Å². The molecule has 0 amide bonds. The van der Waals surface area contributed by atoms with E-state index in [1.807, 2.05) is 0 Å². The second-order valence-corrected chi connectivity index (χ2v) is 19.2. The molecule has 6 unspecified atom stereocenters. The van der Waals surface area contributed by atoms with E-state index in [0.717, 1.165) is 25.2 Å². The minimum atomic E-state index is -0.0550. The van der Waals surface area contributed by atoms with Crippen molar-refractivity contribution in [3.63, 3.8) is 0 Å². The van der Waals surface area contributed by atoms with Crippen LogP contribution in [0.3, 0.4) is 0 Å². The molecule has 300 valence electrons. The van der Waals surface area contributed by atoms with Crippen LogP contribution in [-0.4, -0.2) is 12.1 Å². The average Bonchev–Trinajstić information content (AvgIpc) is 3.77. The highest BCUT2D eigenvalue weighted by atomic mass is 15.2. The monoisotopic (exact) mass is 774 g/mol. The molecule has 0 saturated heterocycles. The molecule has 0 aromatic heterocycles. The molecule has 11 rings (SSSR count). The quantitative estimate of drug-likeness (QED) is 0.259. The highest BCUT2D eigenvalue weighted by molar-refractivity contribution is 5.80. The molecule has 1 aliphatic heterocycles. The molecule has 0 fully saturated rings. The van der Waals surface area contributed by atoms with Crippen LogP contribution in [0.15, 0.2) is 178 Å². The van der Waals surface area contributed by atoms with E-state index >= 15 is 0 Å². The van der Waals surface area contributed by atoms with Crippen LogP contribution in [0.5, 0.6) is 0 Å². The Hall–Kier alpha value is -4.82. The molecule has 2 nitrogen and oxygen atoms in total. The largest absolute Gasteiger partial charge is 0.339 e. The fourth-order valence-electron chi connectivity index (χ4n) is 12.8. The summed E-state index contributed by atoms with van der Waals surface area (Å²) in [6.07, 6.45) is 50.1. The summed E-state index contributed by atoms with van der Waals surface area (Å²) in [6.45, 7) is 4.78.